The van der Waals surface area contributed by atoms with E-state index in [9.17, 15) is 18.0 Å². The zero-order valence-electron chi connectivity index (χ0n) is 21.1. The number of carbonyl (C=O) groups excluding carboxylic acids is 2. The summed E-state index contributed by atoms with van der Waals surface area (Å²) < 4.78 is 35.7. The molecule has 2 atom stereocenters. The Hall–Kier alpha value is -3.44. The molecule has 0 saturated carbocycles. The first-order valence-electron chi connectivity index (χ1n) is 12.3. The van der Waals surface area contributed by atoms with Gasteiger partial charge in [-0.1, -0.05) is 12.1 Å². The lowest BCUT2D eigenvalue weighted by atomic mass is 10.1. The molecule has 10 nitrogen and oxygen atoms in total. The van der Waals surface area contributed by atoms with Gasteiger partial charge in [0.15, 0.2) is 0 Å². The number of rotatable bonds is 5. The highest BCUT2D eigenvalue weighted by atomic mass is 32.2. The van der Waals surface area contributed by atoms with Crippen molar-refractivity contribution in [3.8, 4) is 0 Å². The quantitative estimate of drug-likeness (QED) is 0.548. The topological polar surface area (TPSA) is 113 Å². The molecule has 1 aromatic carbocycles. The third-order valence-electron chi connectivity index (χ3n) is 6.78. The van der Waals surface area contributed by atoms with Crippen LogP contribution in [0.1, 0.15) is 43.1 Å². The van der Waals surface area contributed by atoms with E-state index in [0.29, 0.717) is 31.6 Å². The number of nitrogens with one attached hydrogen (secondary N) is 1. The van der Waals surface area contributed by atoms with Crippen molar-refractivity contribution in [2.45, 2.75) is 50.3 Å². The van der Waals surface area contributed by atoms with E-state index in [4.69, 9.17) is 4.74 Å². The molecule has 2 fully saturated rings. The minimum absolute atomic E-state index is 0.0957. The first-order valence-corrected chi connectivity index (χ1v) is 13.7. The number of pyridine rings is 1. The molecule has 2 aromatic heterocycles. The van der Waals surface area contributed by atoms with Crippen LogP contribution in [-0.2, 0) is 21.3 Å². The summed E-state index contributed by atoms with van der Waals surface area (Å²) in [5.74, 6) is -0.135. The van der Waals surface area contributed by atoms with Gasteiger partial charge in [0.2, 0.25) is 10.0 Å². The molecule has 4 heterocycles. The summed E-state index contributed by atoms with van der Waals surface area (Å²) >= 11 is 0. The van der Waals surface area contributed by atoms with E-state index in [1.807, 2.05) is 20.8 Å². The van der Waals surface area contributed by atoms with Crippen LogP contribution in [0, 0.1) is 5.92 Å². The average molecular weight is 526 g/mol. The summed E-state index contributed by atoms with van der Waals surface area (Å²) in [6.07, 6.45) is 5.45. The van der Waals surface area contributed by atoms with E-state index < -0.39 is 21.7 Å². The Labute approximate surface area is 216 Å². The van der Waals surface area contributed by atoms with Crippen LogP contribution in [0.25, 0.3) is 5.65 Å². The molecule has 196 valence electrons. The van der Waals surface area contributed by atoms with E-state index in [0.717, 1.165) is 11.2 Å². The highest BCUT2D eigenvalue weighted by Crippen LogP contribution is 2.36. The molecule has 0 spiro atoms. The largest absolute Gasteiger partial charge is 0.444 e. The Kier molecular flexibility index (Phi) is 6.45. The molecule has 37 heavy (non-hydrogen) atoms. The van der Waals surface area contributed by atoms with Gasteiger partial charge >= 0.3 is 6.09 Å². The molecule has 0 aliphatic carbocycles. The van der Waals surface area contributed by atoms with Gasteiger partial charge in [0.1, 0.15) is 11.2 Å². The second-order valence-electron chi connectivity index (χ2n) is 10.6. The van der Waals surface area contributed by atoms with Crippen LogP contribution in [0.2, 0.25) is 0 Å². The molecule has 2 aliphatic rings. The Morgan fingerprint density at radius 3 is 2.59 bits per heavy atom. The van der Waals surface area contributed by atoms with Crippen LogP contribution in [0.4, 0.5) is 4.79 Å². The zero-order chi connectivity index (χ0) is 26.4. The van der Waals surface area contributed by atoms with Gasteiger partial charge in [-0.2, -0.15) is 4.31 Å². The smallest absolute Gasteiger partial charge is 0.410 e. The molecule has 0 bridgehead atoms. The molecular weight excluding hydrogens is 494 g/mol. The highest BCUT2D eigenvalue weighted by molar-refractivity contribution is 7.89. The molecule has 1 N–H and O–H groups in total. The summed E-state index contributed by atoms with van der Waals surface area (Å²) in [6.45, 7) is 6.96. The standard InChI is InChI=1S/C26H31N5O5S/c1-26(2,3)36-25(33)30-15-19-10-12-31(22(19)17-30)37(34,35)21-7-4-18(5-8-21)14-28-24(32)20-6-9-23-27-11-13-29(23)16-20/h4-9,11,13,16,19,22H,10,12,14-15,17H2,1-3H3,(H,28,32). The molecule has 5 rings (SSSR count). The first-order chi connectivity index (χ1) is 17.5. The summed E-state index contributed by atoms with van der Waals surface area (Å²) in [5, 5.41) is 2.87. The van der Waals surface area contributed by atoms with Crippen LogP contribution < -0.4 is 5.32 Å². The predicted octanol–water partition coefficient (Wildman–Crippen LogP) is 2.89. The van der Waals surface area contributed by atoms with Crippen molar-refractivity contribution in [3.05, 3.63) is 66.1 Å². The number of likely N-dealkylation sites (tertiary alicyclic amines) is 1. The summed E-state index contributed by atoms with van der Waals surface area (Å²) in [6, 6.07) is 9.79. The maximum Gasteiger partial charge on any atom is 0.410 e. The van der Waals surface area contributed by atoms with Crippen molar-refractivity contribution in [1.82, 2.24) is 23.9 Å². The molecule has 11 heteroatoms. The van der Waals surface area contributed by atoms with Gasteiger partial charge in [-0.25, -0.2) is 18.2 Å². The van der Waals surface area contributed by atoms with Gasteiger partial charge in [-0.15, -0.1) is 0 Å². The number of nitrogens with zero attached hydrogens (tertiary/aromatic N) is 4. The second kappa shape index (κ2) is 9.46. The minimum atomic E-state index is -3.72. The number of ether oxygens (including phenoxy) is 1. The van der Waals surface area contributed by atoms with Crippen LogP contribution in [0.15, 0.2) is 59.9 Å². The minimum Gasteiger partial charge on any atom is -0.444 e. The summed E-state index contributed by atoms with van der Waals surface area (Å²) in [4.78, 5) is 31.0. The van der Waals surface area contributed by atoms with Gasteiger partial charge < -0.3 is 19.4 Å². The van der Waals surface area contributed by atoms with Gasteiger partial charge in [0, 0.05) is 50.8 Å². The Morgan fingerprint density at radius 1 is 1.11 bits per heavy atom. The van der Waals surface area contributed by atoms with E-state index in [1.54, 1.807) is 64.3 Å². The van der Waals surface area contributed by atoms with Crippen LogP contribution in [0.3, 0.4) is 0 Å². The fourth-order valence-corrected chi connectivity index (χ4v) is 6.64. The van der Waals surface area contributed by atoms with E-state index in [1.165, 1.54) is 4.31 Å². The zero-order valence-corrected chi connectivity index (χ0v) is 21.9. The first kappa shape index (κ1) is 25.2. The fourth-order valence-electron chi connectivity index (χ4n) is 4.95. The van der Waals surface area contributed by atoms with Crippen molar-refractivity contribution in [2.24, 2.45) is 5.92 Å². The number of sulfonamides is 1. The molecule has 0 radical (unpaired) electrons. The number of aromatic nitrogens is 2. The average Bonchev–Trinajstić information content (AvgIpc) is 3.56. The number of carbonyl (C=O) groups is 2. The molecule has 2 aliphatic heterocycles. The summed E-state index contributed by atoms with van der Waals surface area (Å²) in [7, 11) is -3.72. The molecule has 2 unspecified atom stereocenters. The van der Waals surface area contributed by atoms with Crippen LogP contribution >= 0.6 is 0 Å². The molecule has 3 aromatic rings. The van der Waals surface area contributed by atoms with Crippen molar-refractivity contribution in [3.63, 3.8) is 0 Å². The Bertz CT molecular complexity index is 1430. The molecule has 2 amide bonds. The lowest BCUT2D eigenvalue weighted by Gasteiger charge is -2.26. The number of benzene rings is 1. The predicted molar refractivity (Wildman–Crippen MR) is 136 cm³/mol. The van der Waals surface area contributed by atoms with Crippen molar-refractivity contribution in [2.75, 3.05) is 19.6 Å². The lowest BCUT2D eigenvalue weighted by molar-refractivity contribution is 0.0278. The normalized spacial score (nSPS) is 20.2. The highest BCUT2D eigenvalue weighted by Gasteiger charge is 2.48. The number of fused-ring (bicyclic) bond motifs is 2. The third kappa shape index (κ3) is 5.19. The Morgan fingerprint density at radius 2 is 1.86 bits per heavy atom. The van der Waals surface area contributed by atoms with Crippen molar-refractivity contribution in [1.29, 1.82) is 0 Å². The number of hydrogen-bond acceptors (Lipinski definition) is 6. The third-order valence-corrected chi connectivity index (χ3v) is 8.72. The van der Waals surface area contributed by atoms with Crippen molar-refractivity contribution >= 4 is 27.7 Å². The Balaban J connectivity index is 1.21. The molecular formula is C26H31N5O5S. The monoisotopic (exact) mass is 525 g/mol. The second-order valence-corrected chi connectivity index (χ2v) is 12.4. The fraction of sp³-hybridized carbons (Fsp3) is 0.423. The number of amides is 2. The van der Waals surface area contributed by atoms with E-state index in [2.05, 4.69) is 10.3 Å². The van der Waals surface area contributed by atoms with Gasteiger partial charge in [-0.3, -0.25) is 4.79 Å². The van der Waals surface area contributed by atoms with Crippen LogP contribution in [-0.4, -0.2) is 70.3 Å². The maximum absolute atomic E-state index is 13.4. The van der Waals surface area contributed by atoms with E-state index >= 15 is 0 Å². The van der Waals surface area contributed by atoms with Gasteiger partial charge in [0.05, 0.1) is 10.5 Å². The van der Waals surface area contributed by atoms with E-state index in [-0.39, 0.29) is 29.3 Å². The number of hydrogen-bond donors (Lipinski definition) is 1. The number of imidazole rings is 1. The van der Waals surface area contributed by atoms with Crippen LogP contribution in [0.5, 0.6) is 0 Å². The summed E-state index contributed by atoms with van der Waals surface area (Å²) in [5.41, 5.74) is 1.44. The van der Waals surface area contributed by atoms with Gasteiger partial charge in [-0.05, 0) is 62.9 Å². The lowest BCUT2D eigenvalue weighted by Crippen LogP contribution is -2.41. The maximum atomic E-state index is 13.4. The molecule has 2 saturated heterocycles. The van der Waals surface area contributed by atoms with Gasteiger partial charge in [0.25, 0.3) is 5.91 Å². The SMILES string of the molecule is CC(C)(C)OC(=O)N1CC2CCN(S(=O)(=O)c3ccc(CNC(=O)c4ccc5nccn5c4)cc3)C2C1. The van der Waals surface area contributed by atoms with Crippen molar-refractivity contribution < 1.29 is 22.7 Å².